The van der Waals surface area contributed by atoms with Crippen molar-refractivity contribution in [3.63, 3.8) is 0 Å². The van der Waals surface area contributed by atoms with Gasteiger partial charge in [0.05, 0.1) is 17.8 Å². The molecule has 0 amide bonds. The van der Waals surface area contributed by atoms with E-state index in [-0.39, 0.29) is 0 Å². The summed E-state index contributed by atoms with van der Waals surface area (Å²) in [6.45, 7) is 0. The maximum atomic E-state index is 6.06. The van der Waals surface area contributed by atoms with Crippen LogP contribution in [-0.4, -0.2) is 7.11 Å². The standard InChI is InChI=1S/C13H12ClNO2/c1-16-9-6-7-12(10(14)8-9)17-13-5-3-2-4-11(13)15/h2-8H,15H2,1H3. The molecule has 0 radical (unpaired) electrons. The molecule has 2 aromatic rings. The van der Waals surface area contributed by atoms with Gasteiger partial charge in [-0.05, 0) is 24.3 Å². The molecule has 0 bridgehead atoms. The van der Waals surface area contributed by atoms with Gasteiger partial charge < -0.3 is 15.2 Å². The molecule has 17 heavy (non-hydrogen) atoms. The fourth-order valence-electron chi connectivity index (χ4n) is 1.38. The number of anilines is 1. The van der Waals surface area contributed by atoms with Crippen LogP contribution in [0.4, 0.5) is 5.69 Å². The van der Waals surface area contributed by atoms with Gasteiger partial charge in [0, 0.05) is 6.07 Å². The van der Waals surface area contributed by atoms with Crippen LogP contribution in [0.5, 0.6) is 17.2 Å². The maximum Gasteiger partial charge on any atom is 0.150 e. The smallest absolute Gasteiger partial charge is 0.150 e. The first-order valence-electron chi connectivity index (χ1n) is 5.06. The number of methoxy groups -OCH3 is 1. The molecule has 0 unspecified atom stereocenters. The molecule has 0 heterocycles. The number of hydrogen-bond donors (Lipinski definition) is 1. The minimum atomic E-state index is 0.479. The first-order valence-corrected chi connectivity index (χ1v) is 5.44. The van der Waals surface area contributed by atoms with Crippen molar-refractivity contribution in [1.29, 1.82) is 0 Å². The van der Waals surface area contributed by atoms with Crippen molar-refractivity contribution >= 4 is 17.3 Å². The zero-order valence-corrected chi connectivity index (χ0v) is 10.1. The lowest BCUT2D eigenvalue weighted by molar-refractivity contribution is 0.413. The summed E-state index contributed by atoms with van der Waals surface area (Å²) < 4.78 is 10.7. The van der Waals surface area contributed by atoms with Crippen molar-refractivity contribution in [2.45, 2.75) is 0 Å². The van der Waals surface area contributed by atoms with Gasteiger partial charge in [0.15, 0.2) is 0 Å². The molecule has 0 saturated carbocycles. The van der Waals surface area contributed by atoms with Crippen molar-refractivity contribution in [1.82, 2.24) is 0 Å². The van der Waals surface area contributed by atoms with Crippen LogP contribution < -0.4 is 15.2 Å². The number of halogens is 1. The maximum absolute atomic E-state index is 6.06. The molecule has 3 nitrogen and oxygen atoms in total. The number of benzene rings is 2. The molecule has 2 rings (SSSR count). The monoisotopic (exact) mass is 249 g/mol. The molecule has 0 spiro atoms. The van der Waals surface area contributed by atoms with Crippen molar-refractivity contribution < 1.29 is 9.47 Å². The van der Waals surface area contributed by atoms with Crippen LogP contribution in [0.25, 0.3) is 0 Å². The summed E-state index contributed by atoms with van der Waals surface area (Å²) in [6, 6.07) is 12.5. The van der Waals surface area contributed by atoms with Gasteiger partial charge in [-0.15, -0.1) is 0 Å². The number of ether oxygens (including phenoxy) is 2. The molecule has 0 saturated heterocycles. The Morgan fingerprint density at radius 1 is 1.06 bits per heavy atom. The summed E-state index contributed by atoms with van der Waals surface area (Å²) in [5, 5.41) is 0.479. The molecular formula is C13H12ClNO2. The molecule has 4 heteroatoms. The molecule has 0 atom stereocenters. The largest absolute Gasteiger partial charge is 0.497 e. The lowest BCUT2D eigenvalue weighted by Gasteiger charge is -2.10. The second kappa shape index (κ2) is 4.97. The Hall–Kier alpha value is -1.87. The summed E-state index contributed by atoms with van der Waals surface area (Å²) in [5.74, 6) is 1.81. The van der Waals surface area contributed by atoms with Crippen molar-refractivity contribution in [3.05, 3.63) is 47.5 Å². The van der Waals surface area contributed by atoms with Gasteiger partial charge in [-0.25, -0.2) is 0 Å². The molecule has 0 fully saturated rings. The SMILES string of the molecule is COc1ccc(Oc2ccccc2N)c(Cl)c1. The van der Waals surface area contributed by atoms with Gasteiger partial charge >= 0.3 is 0 Å². The Labute approximate surface area is 105 Å². The highest BCUT2D eigenvalue weighted by Crippen LogP contribution is 2.34. The predicted octanol–water partition coefficient (Wildman–Crippen LogP) is 3.72. The summed E-state index contributed by atoms with van der Waals surface area (Å²) in [5.41, 5.74) is 6.35. The van der Waals surface area contributed by atoms with Crippen LogP contribution in [0, 0.1) is 0 Å². The molecular weight excluding hydrogens is 238 g/mol. The highest BCUT2D eigenvalue weighted by Gasteiger charge is 2.06. The van der Waals surface area contributed by atoms with E-state index in [4.69, 9.17) is 26.8 Å². The molecule has 0 aromatic heterocycles. The van der Waals surface area contributed by atoms with E-state index < -0.39 is 0 Å². The van der Waals surface area contributed by atoms with Gasteiger partial charge in [0.25, 0.3) is 0 Å². The fourth-order valence-corrected chi connectivity index (χ4v) is 1.59. The van der Waals surface area contributed by atoms with Crippen LogP contribution in [0.15, 0.2) is 42.5 Å². The first-order chi connectivity index (χ1) is 8.20. The predicted molar refractivity (Wildman–Crippen MR) is 68.9 cm³/mol. The summed E-state index contributed by atoms with van der Waals surface area (Å²) in [6.07, 6.45) is 0. The van der Waals surface area contributed by atoms with E-state index in [1.54, 1.807) is 37.4 Å². The van der Waals surface area contributed by atoms with Crippen LogP contribution >= 0.6 is 11.6 Å². The Kier molecular flexibility index (Phi) is 3.40. The van der Waals surface area contributed by atoms with E-state index in [0.29, 0.717) is 28.0 Å². The highest BCUT2D eigenvalue weighted by molar-refractivity contribution is 6.32. The average Bonchev–Trinajstić information content (AvgIpc) is 2.34. The lowest BCUT2D eigenvalue weighted by Crippen LogP contribution is -1.92. The van der Waals surface area contributed by atoms with Gasteiger partial charge in [0.2, 0.25) is 0 Å². The number of rotatable bonds is 3. The normalized spacial score (nSPS) is 10.0. The van der Waals surface area contributed by atoms with Gasteiger partial charge in [0.1, 0.15) is 17.2 Å². The van der Waals surface area contributed by atoms with Crippen molar-refractivity contribution in [2.24, 2.45) is 0 Å². The zero-order chi connectivity index (χ0) is 12.3. The van der Waals surface area contributed by atoms with E-state index in [0.717, 1.165) is 0 Å². The Bertz CT molecular complexity index is 529. The van der Waals surface area contributed by atoms with Crippen LogP contribution in [0.1, 0.15) is 0 Å². The van der Waals surface area contributed by atoms with E-state index in [1.807, 2.05) is 12.1 Å². The minimum Gasteiger partial charge on any atom is -0.497 e. The lowest BCUT2D eigenvalue weighted by atomic mass is 10.3. The van der Waals surface area contributed by atoms with Crippen LogP contribution in [0.3, 0.4) is 0 Å². The Balaban J connectivity index is 2.28. The fraction of sp³-hybridized carbons (Fsp3) is 0.0769. The Morgan fingerprint density at radius 3 is 2.47 bits per heavy atom. The molecule has 0 aliphatic rings. The van der Waals surface area contributed by atoms with E-state index in [2.05, 4.69) is 0 Å². The summed E-state index contributed by atoms with van der Waals surface area (Å²) in [7, 11) is 1.58. The van der Waals surface area contributed by atoms with E-state index in [9.17, 15) is 0 Å². The second-order valence-corrected chi connectivity index (χ2v) is 3.84. The third-order valence-electron chi connectivity index (χ3n) is 2.28. The summed E-state index contributed by atoms with van der Waals surface area (Å²) in [4.78, 5) is 0. The van der Waals surface area contributed by atoms with Crippen molar-refractivity contribution in [3.8, 4) is 17.2 Å². The van der Waals surface area contributed by atoms with Gasteiger partial charge in [-0.1, -0.05) is 23.7 Å². The molecule has 0 aliphatic heterocycles. The minimum absolute atomic E-state index is 0.479. The van der Waals surface area contributed by atoms with Crippen LogP contribution in [0.2, 0.25) is 5.02 Å². The number of para-hydroxylation sites is 2. The third-order valence-corrected chi connectivity index (χ3v) is 2.57. The quantitative estimate of drug-likeness (QED) is 0.843. The molecule has 88 valence electrons. The van der Waals surface area contributed by atoms with Crippen LogP contribution in [-0.2, 0) is 0 Å². The highest BCUT2D eigenvalue weighted by atomic mass is 35.5. The van der Waals surface area contributed by atoms with Gasteiger partial charge in [-0.3, -0.25) is 0 Å². The topological polar surface area (TPSA) is 44.5 Å². The van der Waals surface area contributed by atoms with Gasteiger partial charge in [-0.2, -0.15) is 0 Å². The second-order valence-electron chi connectivity index (χ2n) is 3.44. The zero-order valence-electron chi connectivity index (χ0n) is 9.31. The molecule has 0 aliphatic carbocycles. The number of nitrogen functional groups attached to an aromatic ring is 1. The Morgan fingerprint density at radius 2 is 1.82 bits per heavy atom. The number of hydrogen-bond acceptors (Lipinski definition) is 3. The van der Waals surface area contributed by atoms with Crippen molar-refractivity contribution in [2.75, 3.05) is 12.8 Å². The number of nitrogens with two attached hydrogens (primary N) is 1. The first kappa shape index (κ1) is 11.6. The van der Waals surface area contributed by atoms with E-state index in [1.165, 1.54) is 0 Å². The molecule has 2 aromatic carbocycles. The van der Waals surface area contributed by atoms with E-state index >= 15 is 0 Å². The molecule has 2 N–H and O–H groups in total. The summed E-state index contributed by atoms with van der Waals surface area (Å²) >= 11 is 6.06. The third kappa shape index (κ3) is 2.63. The average molecular weight is 250 g/mol.